The molecule has 0 saturated heterocycles. The van der Waals surface area contributed by atoms with Crippen LogP contribution in [0.3, 0.4) is 0 Å². The number of halogens is 1. The molecule has 1 unspecified atom stereocenters. The lowest BCUT2D eigenvalue weighted by Crippen LogP contribution is -2.28. The minimum Gasteiger partial charge on any atom is -0.507 e. The van der Waals surface area contributed by atoms with Gasteiger partial charge in [0, 0.05) is 23.3 Å². The van der Waals surface area contributed by atoms with Crippen molar-refractivity contribution in [2.24, 2.45) is 0 Å². The summed E-state index contributed by atoms with van der Waals surface area (Å²) in [6.07, 6.45) is 1.38. The Balaban J connectivity index is 2.60. The summed E-state index contributed by atoms with van der Waals surface area (Å²) in [5, 5.41) is 19.1. The molecule has 2 aromatic rings. The van der Waals surface area contributed by atoms with Gasteiger partial charge in [-0.25, -0.2) is 0 Å². The molecule has 24 heavy (non-hydrogen) atoms. The normalized spacial score (nSPS) is 11.8. The summed E-state index contributed by atoms with van der Waals surface area (Å²) in [6, 6.07) is 7.18. The first-order valence-electron chi connectivity index (χ1n) is 7.07. The fourth-order valence-electron chi connectivity index (χ4n) is 2.30. The van der Waals surface area contributed by atoms with Gasteiger partial charge in [-0.05, 0) is 31.2 Å². The van der Waals surface area contributed by atoms with Gasteiger partial charge in [0.2, 0.25) is 0 Å². The molecule has 0 amide bonds. The second-order valence-corrected chi connectivity index (χ2v) is 6.18. The van der Waals surface area contributed by atoms with Gasteiger partial charge in [0.15, 0.2) is 5.78 Å². The molecule has 0 saturated carbocycles. The minimum absolute atomic E-state index is 0.0814. The summed E-state index contributed by atoms with van der Waals surface area (Å²) in [5.74, 6) is -0.659. The molecule has 2 rings (SSSR count). The van der Waals surface area contributed by atoms with Crippen LogP contribution in [0.15, 0.2) is 39.7 Å². The first kappa shape index (κ1) is 17.9. The molecule has 1 heterocycles. The van der Waals surface area contributed by atoms with Crippen LogP contribution in [0, 0.1) is 11.3 Å². The van der Waals surface area contributed by atoms with Gasteiger partial charge in [-0.15, -0.1) is 0 Å². The maximum Gasteiger partial charge on any atom is 0.268 e. The predicted molar refractivity (Wildman–Crippen MR) is 91.2 cm³/mol. The van der Waals surface area contributed by atoms with E-state index in [0.29, 0.717) is 4.47 Å². The van der Waals surface area contributed by atoms with E-state index in [2.05, 4.69) is 15.9 Å². The third-order valence-corrected chi connectivity index (χ3v) is 4.00. The van der Waals surface area contributed by atoms with Gasteiger partial charge in [0.05, 0.1) is 18.2 Å². The van der Waals surface area contributed by atoms with E-state index in [9.17, 15) is 14.7 Å². The molecule has 0 aliphatic carbocycles. The third kappa shape index (κ3) is 3.55. The van der Waals surface area contributed by atoms with Crippen molar-refractivity contribution in [3.63, 3.8) is 0 Å². The van der Waals surface area contributed by atoms with Crippen LogP contribution in [0.5, 0.6) is 5.75 Å². The second kappa shape index (κ2) is 7.43. The number of carbonyl (C=O) groups is 1. The highest BCUT2D eigenvalue weighted by atomic mass is 79.9. The van der Waals surface area contributed by atoms with Gasteiger partial charge < -0.3 is 14.4 Å². The Hall–Kier alpha value is -2.43. The van der Waals surface area contributed by atoms with Gasteiger partial charge in [-0.1, -0.05) is 15.9 Å². The SMILES string of the molecule is COCC(C)n1cc(C(=O)c2cc(Br)ccc2O)cc(C#N)c1=O. The Morgan fingerprint density at radius 3 is 2.79 bits per heavy atom. The van der Waals surface area contributed by atoms with Crippen LogP contribution in [0.2, 0.25) is 0 Å². The molecule has 0 radical (unpaired) electrons. The largest absolute Gasteiger partial charge is 0.507 e. The number of benzene rings is 1. The first-order valence-corrected chi connectivity index (χ1v) is 7.86. The van der Waals surface area contributed by atoms with Crippen molar-refractivity contribution in [3.8, 4) is 11.8 Å². The van der Waals surface area contributed by atoms with Gasteiger partial charge >= 0.3 is 0 Å². The lowest BCUT2D eigenvalue weighted by Gasteiger charge is -2.16. The number of hydrogen-bond donors (Lipinski definition) is 1. The Kier molecular flexibility index (Phi) is 5.54. The standard InChI is InChI=1S/C17H15BrN2O4/c1-10(9-24-2)20-8-12(5-11(7-19)17(20)23)16(22)14-6-13(18)3-4-15(14)21/h3-6,8,10,21H,9H2,1-2H3. The zero-order chi connectivity index (χ0) is 17.9. The number of phenolic OH excluding ortho intramolecular Hbond substituents is 1. The average molecular weight is 391 g/mol. The second-order valence-electron chi connectivity index (χ2n) is 5.26. The van der Waals surface area contributed by atoms with E-state index in [0.717, 1.165) is 0 Å². The van der Waals surface area contributed by atoms with E-state index in [1.807, 2.05) is 6.07 Å². The molecule has 1 atom stereocenters. The molecule has 0 fully saturated rings. The fraction of sp³-hybridized carbons (Fsp3) is 0.235. The number of hydrogen-bond acceptors (Lipinski definition) is 5. The van der Waals surface area contributed by atoms with E-state index in [1.165, 1.54) is 36.1 Å². The fourth-order valence-corrected chi connectivity index (χ4v) is 2.66. The summed E-state index contributed by atoms with van der Waals surface area (Å²) in [7, 11) is 1.50. The number of nitrogens with zero attached hydrogens (tertiary/aromatic N) is 2. The van der Waals surface area contributed by atoms with Crippen molar-refractivity contribution in [2.75, 3.05) is 13.7 Å². The Labute approximate surface area is 147 Å². The number of methoxy groups -OCH3 is 1. The number of ketones is 1. The summed E-state index contributed by atoms with van der Waals surface area (Å²) >= 11 is 3.25. The Morgan fingerprint density at radius 1 is 1.46 bits per heavy atom. The van der Waals surface area contributed by atoms with Crippen LogP contribution in [-0.4, -0.2) is 29.2 Å². The number of rotatable bonds is 5. The van der Waals surface area contributed by atoms with E-state index in [4.69, 9.17) is 10.00 Å². The van der Waals surface area contributed by atoms with Crippen LogP contribution < -0.4 is 5.56 Å². The summed E-state index contributed by atoms with van der Waals surface area (Å²) in [4.78, 5) is 25.0. The number of carbonyl (C=O) groups excluding carboxylic acids is 1. The lowest BCUT2D eigenvalue weighted by atomic mass is 10.0. The summed E-state index contributed by atoms with van der Waals surface area (Å²) in [5.41, 5.74) is -0.407. The third-order valence-electron chi connectivity index (χ3n) is 3.51. The van der Waals surface area contributed by atoms with E-state index >= 15 is 0 Å². The number of ether oxygens (including phenoxy) is 1. The Morgan fingerprint density at radius 2 is 2.17 bits per heavy atom. The van der Waals surface area contributed by atoms with E-state index in [1.54, 1.807) is 13.0 Å². The molecule has 6 nitrogen and oxygen atoms in total. The van der Waals surface area contributed by atoms with Crippen LogP contribution in [0.25, 0.3) is 0 Å². The van der Waals surface area contributed by atoms with Crippen LogP contribution in [0.4, 0.5) is 0 Å². The number of pyridine rings is 1. The number of aromatic hydroxyl groups is 1. The van der Waals surface area contributed by atoms with Crippen molar-refractivity contribution in [1.82, 2.24) is 4.57 Å². The van der Waals surface area contributed by atoms with Crippen LogP contribution in [0.1, 0.15) is 34.5 Å². The predicted octanol–water partition coefficient (Wildman–Crippen LogP) is 2.63. The maximum absolute atomic E-state index is 12.7. The lowest BCUT2D eigenvalue weighted by molar-refractivity contribution is 0.103. The number of phenols is 1. The molecule has 7 heteroatoms. The highest BCUT2D eigenvalue weighted by Crippen LogP contribution is 2.24. The smallest absolute Gasteiger partial charge is 0.268 e. The monoisotopic (exact) mass is 390 g/mol. The van der Waals surface area contributed by atoms with E-state index < -0.39 is 11.3 Å². The molecule has 1 aromatic carbocycles. The minimum atomic E-state index is -0.489. The van der Waals surface area contributed by atoms with Crippen molar-refractivity contribution in [2.45, 2.75) is 13.0 Å². The molecule has 124 valence electrons. The quantitative estimate of drug-likeness (QED) is 0.792. The summed E-state index contributed by atoms with van der Waals surface area (Å²) < 4.78 is 6.96. The van der Waals surface area contributed by atoms with Gasteiger partial charge in [0.1, 0.15) is 17.4 Å². The number of aromatic nitrogens is 1. The average Bonchev–Trinajstić information content (AvgIpc) is 2.56. The maximum atomic E-state index is 12.7. The molecule has 0 aliphatic heterocycles. The summed E-state index contributed by atoms with van der Waals surface area (Å²) in [6.45, 7) is 2.00. The molecule has 0 spiro atoms. The van der Waals surface area contributed by atoms with Crippen molar-refractivity contribution in [3.05, 3.63) is 62.0 Å². The van der Waals surface area contributed by atoms with E-state index in [-0.39, 0.29) is 35.1 Å². The van der Waals surface area contributed by atoms with Crippen molar-refractivity contribution >= 4 is 21.7 Å². The van der Waals surface area contributed by atoms with Crippen LogP contribution >= 0.6 is 15.9 Å². The topological polar surface area (TPSA) is 92.3 Å². The first-order chi connectivity index (χ1) is 11.4. The van der Waals surface area contributed by atoms with Gasteiger partial charge in [-0.2, -0.15) is 5.26 Å². The van der Waals surface area contributed by atoms with Crippen molar-refractivity contribution < 1.29 is 14.6 Å². The highest BCUT2D eigenvalue weighted by Gasteiger charge is 2.19. The Bertz CT molecular complexity index is 883. The molecular formula is C17H15BrN2O4. The molecule has 1 aromatic heterocycles. The zero-order valence-electron chi connectivity index (χ0n) is 13.1. The van der Waals surface area contributed by atoms with Gasteiger partial charge in [-0.3, -0.25) is 9.59 Å². The highest BCUT2D eigenvalue weighted by molar-refractivity contribution is 9.10. The molecule has 0 bridgehead atoms. The number of nitriles is 1. The van der Waals surface area contributed by atoms with Crippen molar-refractivity contribution in [1.29, 1.82) is 5.26 Å². The zero-order valence-corrected chi connectivity index (χ0v) is 14.7. The van der Waals surface area contributed by atoms with Crippen LogP contribution in [-0.2, 0) is 4.74 Å². The molecule has 0 aliphatic rings. The molecule has 1 N–H and O–H groups in total. The van der Waals surface area contributed by atoms with Gasteiger partial charge in [0.25, 0.3) is 5.56 Å². The molecular weight excluding hydrogens is 376 g/mol.